The molecule has 1 amide bonds. The van der Waals surface area contributed by atoms with Gasteiger partial charge in [0.25, 0.3) is 0 Å². The van der Waals surface area contributed by atoms with E-state index >= 15 is 0 Å². The minimum absolute atomic E-state index is 0.0719. The lowest BCUT2D eigenvalue weighted by Crippen LogP contribution is -2.36. The van der Waals surface area contributed by atoms with Gasteiger partial charge in [-0.05, 0) is 29.7 Å². The molecule has 1 N–H and O–H groups in total. The Kier molecular flexibility index (Phi) is 6.04. The molecule has 1 aliphatic heterocycles. The van der Waals surface area contributed by atoms with Crippen LogP contribution in [-0.4, -0.2) is 47.2 Å². The molecule has 1 aliphatic rings. The second-order valence-electron chi connectivity index (χ2n) is 6.27. The number of carbonyl (C=O) groups excluding carboxylic acids is 1. The zero-order valence-electron chi connectivity index (χ0n) is 14.3. The Hall–Kier alpha value is -2.37. The average Bonchev–Trinajstić information content (AvgIpc) is 2.89. The number of hydrogen-bond acceptors (Lipinski definition) is 4. The van der Waals surface area contributed by atoms with E-state index in [-0.39, 0.29) is 12.7 Å². The molecular formula is C20H24N2O3. The standard InChI is InChI=1S/C20H24N2O3/c23-16-18-9-7-17(8-10-18)15-21-11-4-12-22(14-13-21)20(24)25-19-5-2-1-3-6-19/h1-3,5-10,23H,4,11-16H2. The van der Waals surface area contributed by atoms with E-state index in [1.165, 1.54) is 5.56 Å². The SMILES string of the molecule is O=C(Oc1ccccc1)N1CCCN(Cc2ccc(CO)cc2)CC1. The highest BCUT2D eigenvalue weighted by molar-refractivity contribution is 5.70. The molecule has 0 aromatic heterocycles. The molecule has 25 heavy (non-hydrogen) atoms. The summed E-state index contributed by atoms with van der Waals surface area (Å²) in [5.74, 6) is 0.581. The second-order valence-corrected chi connectivity index (χ2v) is 6.27. The summed E-state index contributed by atoms with van der Waals surface area (Å²) in [5.41, 5.74) is 2.15. The zero-order valence-corrected chi connectivity index (χ0v) is 14.3. The zero-order chi connectivity index (χ0) is 17.5. The summed E-state index contributed by atoms with van der Waals surface area (Å²) in [6, 6.07) is 17.2. The highest BCUT2D eigenvalue weighted by Gasteiger charge is 2.20. The first-order chi connectivity index (χ1) is 12.2. The predicted octanol–water partition coefficient (Wildman–Crippen LogP) is 2.89. The van der Waals surface area contributed by atoms with Crippen molar-refractivity contribution in [2.24, 2.45) is 0 Å². The first-order valence-corrected chi connectivity index (χ1v) is 8.67. The number of amides is 1. The second kappa shape index (κ2) is 8.65. The summed E-state index contributed by atoms with van der Waals surface area (Å²) >= 11 is 0. The Balaban J connectivity index is 1.52. The molecule has 132 valence electrons. The van der Waals surface area contributed by atoms with Crippen molar-refractivity contribution >= 4 is 6.09 Å². The Bertz CT molecular complexity index is 673. The minimum atomic E-state index is -0.277. The fourth-order valence-corrected chi connectivity index (χ4v) is 2.97. The van der Waals surface area contributed by atoms with Crippen molar-refractivity contribution in [1.82, 2.24) is 9.80 Å². The summed E-state index contributed by atoms with van der Waals surface area (Å²) in [5, 5.41) is 9.11. The van der Waals surface area contributed by atoms with Gasteiger partial charge in [0, 0.05) is 32.7 Å². The van der Waals surface area contributed by atoms with Crippen LogP contribution in [0.5, 0.6) is 5.75 Å². The minimum Gasteiger partial charge on any atom is -0.410 e. The molecule has 1 fully saturated rings. The number of aliphatic hydroxyl groups excluding tert-OH is 1. The van der Waals surface area contributed by atoms with Crippen molar-refractivity contribution in [3.8, 4) is 5.75 Å². The molecule has 0 aliphatic carbocycles. The molecule has 5 nitrogen and oxygen atoms in total. The van der Waals surface area contributed by atoms with Gasteiger partial charge in [-0.25, -0.2) is 4.79 Å². The lowest BCUT2D eigenvalue weighted by molar-refractivity contribution is 0.153. The molecular weight excluding hydrogens is 316 g/mol. The molecule has 1 heterocycles. The summed E-state index contributed by atoms with van der Waals surface area (Å²) < 4.78 is 5.43. The molecule has 0 radical (unpaired) electrons. The Morgan fingerprint density at radius 2 is 1.64 bits per heavy atom. The number of nitrogens with zero attached hydrogens (tertiary/aromatic N) is 2. The summed E-state index contributed by atoms with van der Waals surface area (Å²) in [4.78, 5) is 16.4. The number of ether oxygens (including phenoxy) is 1. The maximum Gasteiger partial charge on any atom is 0.415 e. The Morgan fingerprint density at radius 3 is 2.36 bits per heavy atom. The van der Waals surface area contributed by atoms with Gasteiger partial charge in [-0.1, -0.05) is 42.5 Å². The number of aliphatic hydroxyl groups is 1. The molecule has 0 bridgehead atoms. The molecule has 2 aromatic rings. The lowest BCUT2D eigenvalue weighted by Gasteiger charge is -2.21. The van der Waals surface area contributed by atoms with E-state index in [0.717, 1.165) is 31.6 Å². The maximum atomic E-state index is 12.3. The topological polar surface area (TPSA) is 53.0 Å². The van der Waals surface area contributed by atoms with Crippen LogP contribution in [0.15, 0.2) is 54.6 Å². The van der Waals surface area contributed by atoms with Crippen LogP contribution in [0.2, 0.25) is 0 Å². The van der Waals surface area contributed by atoms with Crippen LogP contribution >= 0.6 is 0 Å². The third kappa shape index (κ3) is 5.05. The van der Waals surface area contributed by atoms with Crippen LogP contribution in [0.4, 0.5) is 4.79 Å². The monoisotopic (exact) mass is 340 g/mol. The van der Waals surface area contributed by atoms with Gasteiger partial charge in [0.2, 0.25) is 0 Å². The van der Waals surface area contributed by atoms with E-state index in [0.29, 0.717) is 18.8 Å². The quantitative estimate of drug-likeness (QED) is 0.930. The summed E-state index contributed by atoms with van der Waals surface area (Å²) in [7, 11) is 0. The van der Waals surface area contributed by atoms with Crippen LogP contribution in [-0.2, 0) is 13.2 Å². The van der Waals surface area contributed by atoms with Crippen molar-refractivity contribution in [2.45, 2.75) is 19.6 Å². The van der Waals surface area contributed by atoms with Gasteiger partial charge in [0.1, 0.15) is 5.75 Å². The molecule has 3 rings (SSSR count). The predicted molar refractivity (Wildman–Crippen MR) is 96.3 cm³/mol. The fourth-order valence-electron chi connectivity index (χ4n) is 2.97. The first kappa shape index (κ1) is 17.5. The van der Waals surface area contributed by atoms with E-state index in [1.54, 1.807) is 17.0 Å². The number of para-hydroxylation sites is 1. The first-order valence-electron chi connectivity index (χ1n) is 8.67. The van der Waals surface area contributed by atoms with E-state index in [9.17, 15) is 4.79 Å². The number of rotatable bonds is 4. The van der Waals surface area contributed by atoms with Gasteiger partial charge >= 0.3 is 6.09 Å². The number of hydrogen-bond donors (Lipinski definition) is 1. The molecule has 0 unspecified atom stereocenters. The largest absolute Gasteiger partial charge is 0.415 e. The molecule has 0 atom stereocenters. The summed E-state index contributed by atoms with van der Waals surface area (Å²) in [6.07, 6.45) is 0.652. The molecule has 0 spiro atoms. The van der Waals surface area contributed by atoms with Crippen LogP contribution < -0.4 is 4.74 Å². The Labute approximate surface area is 148 Å². The summed E-state index contributed by atoms with van der Waals surface area (Å²) in [6.45, 7) is 4.09. The van der Waals surface area contributed by atoms with Crippen molar-refractivity contribution in [1.29, 1.82) is 0 Å². The van der Waals surface area contributed by atoms with Crippen LogP contribution in [0.25, 0.3) is 0 Å². The van der Waals surface area contributed by atoms with Gasteiger partial charge in [-0.2, -0.15) is 0 Å². The van der Waals surface area contributed by atoms with Crippen LogP contribution in [0, 0.1) is 0 Å². The molecule has 0 saturated carbocycles. The third-order valence-electron chi connectivity index (χ3n) is 4.41. The van der Waals surface area contributed by atoms with Crippen molar-refractivity contribution in [3.63, 3.8) is 0 Å². The lowest BCUT2D eigenvalue weighted by atomic mass is 10.1. The van der Waals surface area contributed by atoms with Crippen LogP contribution in [0.3, 0.4) is 0 Å². The number of benzene rings is 2. The van der Waals surface area contributed by atoms with Crippen molar-refractivity contribution in [2.75, 3.05) is 26.2 Å². The molecule has 1 saturated heterocycles. The smallest absolute Gasteiger partial charge is 0.410 e. The van der Waals surface area contributed by atoms with Gasteiger partial charge < -0.3 is 14.7 Å². The van der Waals surface area contributed by atoms with E-state index in [2.05, 4.69) is 17.0 Å². The van der Waals surface area contributed by atoms with E-state index in [1.807, 2.05) is 30.3 Å². The molecule has 5 heteroatoms. The third-order valence-corrected chi connectivity index (χ3v) is 4.41. The average molecular weight is 340 g/mol. The van der Waals surface area contributed by atoms with Crippen molar-refractivity contribution < 1.29 is 14.6 Å². The van der Waals surface area contributed by atoms with Crippen LogP contribution in [0.1, 0.15) is 17.5 Å². The van der Waals surface area contributed by atoms with Gasteiger partial charge in [-0.15, -0.1) is 0 Å². The normalized spacial score (nSPS) is 15.6. The number of carbonyl (C=O) groups is 1. The highest BCUT2D eigenvalue weighted by Crippen LogP contribution is 2.14. The van der Waals surface area contributed by atoms with Crippen molar-refractivity contribution in [3.05, 3.63) is 65.7 Å². The molecule has 2 aromatic carbocycles. The van der Waals surface area contributed by atoms with Gasteiger partial charge in [0.05, 0.1) is 6.61 Å². The van der Waals surface area contributed by atoms with E-state index < -0.39 is 0 Å². The maximum absolute atomic E-state index is 12.3. The van der Waals surface area contributed by atoms with Gasteiger partial charge in [-0.3, -0.25) is 4.90 Å². The Morgan fingerprint density at radius 1 is 0.920 bits per heavy atom. The fraction of sp³-hybridized carbons (Fsp3) is 0.350. The van der Waals surface area contributed by atoms with Gasteiger partial charge in [0.15, 0.2) is 0 Å². The highest BCUT2D eigenvalue weighted by atomic mass is 16.6. The van der Waals surface area contributed by atoms with E-state index in [4.69, 9.17) is 9.84 Å².